The van der Waals surface area contributed by atoms with Gasteiger partial charge in [0.2, 0.25) is 0 Å². The fourth-order valence-electron chi connectivity index (χ4n) is 1.83. The first-order chi connectivity index (χ1) is 10.3. The minimum Gasteiger partial charge on any atom is -0.347 e. The Morgan fingerprint density at radius 1 is 1.10 bits per heavy atom. The van der Waals surface area contributed by atoms with Gasteiger partial charge < -0.3 is 5.32 Å². The molecule has 0 radical (unpaired) electrons. The smallest absolute Gasteiger partial charge is 0.273 e. The number of carbonyl (C=O) groups is 1. The van der Waals surface area contributed by atoms with Crippen molar-refractivity contribution in [2.24, 2.45) is 0 Å². The zero-order valence-corrected chi connectivity index (χ0v) is 11.2. The topological polar surface area (TPSA) is 72.7 Å². The Balaban J connectivity index is 1.67. The van der Waals surface area contributed by atoms with Crippen LogP contribution in [0, 0.1) is 0 Å². The lowest BCUT2D eigenvalue weighted by Gasteiger charge is -2.02. The zero-order valence-electron chi connectivity index (χ0n) is 11.2. The number of aromatic nitrogens is 4. The van der Waals surface area contributed by atoms with Crippen molar-refractivity contribution in [3.63, 3.8) is 0 Å². The summed E-state index contributed by atoms with van der Waals surface area (Å²) >= 11 is 0. The highest BCUT2D eigenvalue weighted by Crippen LogP contribution is 2.04. The summed E-state index contributed by atoms with van der Waals surface area (Å²) in [6.45, 7) is 0.430. The Morgan fingerprint density at radius 3 is 2.62 bits per heavy atom. The average molecular weight is 279 g/mol. The molecule has 3 rings (SSSR count). The summed E-state index contributed by atoms with van der Waals surface area (Å²) < 4.78 is 0. The van der Waals surface area contributed by atoms with Crippen LogP contribution in [0.2, 0.25) is 0 Å². The lowest BCUT2D eigenvalue weighted by atomic mass is 10.2. The monoisotopic (exact) mass is 279 g/mol. The summed E-state index contributed by atoms with van der Waals surface area (Å²) in [5.74, 6) is -0.256. The van der Waals surface area contributed by atoms with E-state index in [1.165, 1.54) is 11.0 Å². The van der Waals surface area contributed by atoms with E-state index >= 15 is 0 Å². The third-order valence-corrected chi connectivity index (χ3v) is 2.91. The van der Waals surface area contributed by atoms with E-state index in [1.807, 2.05) is 42.5 Å². The maximum Gasteiger partial charge on any atom is 0.273 e. The summed E-state index contributed by atoms with van der Waals surface area (Å²) in [4.78, 5) is 17.4. The molecule has 0 fully saturated rings. The van der Waals surface area contributed by atoms with Gasteiger partial charge in [-0.1, -0.05) is 18.2 Å². The molecule has 3 aromatic rings. The van der Waals surface area contributed by atoms with E-state index in [-0.39, 0.29) is 11.6 Å². The predicted octanol–water partition coefficient (Wildman–Crippen LogP) is 1.59. The molecular weight excluding hydrogens is 266 g/mol. The minimum absolute atomic E-state index is 0.256. The normalized spacial score (nSPS) is 10.3. The van der Waals surface area contributed by atoms with Crippen molar-refractivity contribution in [3.8, 4) is 5.69 Å². The molecular formula is C15H13N5O. The number of rotatable bonds is 4. The highest BCUT2D eigenvalue weighted by atomic mass is 16.2. The van der Waals surface area contributed by atoms with Crippen molar-refractivity contribution in [1.82, 2.24) is 25.3 Å². The quantitative estimate of drug-likeness (QED) is 0.787. The standard InChI is InChI=1S/C15H13N5O/c21-15(17-10-12-6-8-16-9-7-12)14-11-18-20(19-14)13-4-2-1-3-5-13/h1-9,11H,10H2,(H,17,21). The highest BCUT2D eigenvalue weighted by molar-refractivity contribution is 5.91. The number of pyridine rings is 1. The van der Waals surface area contributed by atoms with Crippen molar-refractivity contribution >= 4 is 5.91 Å². The molecule has 1 aromatic carbocycles. The van der Waals surface area contributed by atoms with Crippen molar-refractivity contribution in [3.05, 3.63) is 72.3 Å². The number of carbonyl (C=O) groups excluding carboxylic acids is 1. The Labute approximate surface area is 121 Å². The van der Waals surface area contributed by atoms with Gasteiger partial charge in [0.25, 0.3) is 5.91 Å². The van der Waals surface area contributed by atoms with Crippen molar-refractivity contribution in [1.29, 1.82) is 0 Å². The van der Waals surface area contributed by atoms with Crippen molar-refractivity contribution in [2.75, 3.05) is 0 Å². The van der Waals surface area contributed by atoms with Gasteiger partial charge >= 0.3 is 0 Å². The molecule has 6 nitrogen and oxygen atoms in total. The Kier molecular flexibility index (Phi) is 3.68. The molecule has 0 aliphatic rings. The predicted molar refractivity (Wildman–Crippen MR) is 76.8 cm³/mol. The van der Waals surface area contributed by atoms with E-state index in [0.29, 0.717) is 6.54 Å². The molecule has 0 aliphatic heterocycles. The lowest BCUT2D eigenvalue weighted by molar-refractivity contribution is 0.0945. The molecule has 0 aliphatic carbocycles. The molecule has 1 N–H and O–H groups in total. The van der Waals surface area contributed by atoms with Gasteiger partial charge in [-0.05, 0) is 29.8 Å². The van der Waals surface area contributed by atoms with Gasteiger partial charge in [0.05, 0.1) is 11.9 Å². The summed E-state index contributed by atoms with van der Waals surface area (Å²) in [6.07, 6.45) is 4.83. The summed E-state index contributed by atoms with van der Waals surface area (Å²) in [6, 6.07) is 13.1. The molecule has 2 aromatic heterocycles. The van der Waals surface area contributed by atoms with Gasteiger partial charge in [0.1, 0.15) is 0 Å². The van der Waals surface area contributed by atoms with E-state index in [9.17, 15) is 4.79 Å². The second-order valence-corrected chi connectivity index (χ2v) is 4.39. The first-order valence-corrected chi connectivity index (χ1v) is 6.48. The number of nitrogens with zero attached hydrogens (tertiary/aromatic N) is 4. The molecule has 0 unspecified atom stereocenters. The van der Waals surface area contributed by atoms with Crippen LogP contribution in [0.25, 0.3) is 5.69 Å². The van der Waals surface area contributed by atoms with Crippen molar-refractivity contribution in [2.45, 2.75) is 6.54 Å². The second kappa shape index (κ2) is 5.96. The number of hydrogen-bond acceptors (Lipinski definition) is 4. The molecule has 1 amide bonds. The summed E-state index contributed by atoms with van der Waals surface area (Å²) in [5.41, 5.74) is 2.08. The summed E-state index contributed by atoms with van der Waals surface area (Å²) in [5, 5.41) is 11.1. The maximum absolute atomic E-state index is 12.0. The SMILES string of the molecule is O=C(NCc1ccncc1)c1cnn(-c2ccccc2)n1. The molecule has 0 saturated carbocycles. The van der Waals surface area contributed by atoms with E-state index in [2.05, 4.69) is 20.5 Å². The van der Waals surface area contributed by atoms with Gasteiger partial charge in [-0.25, -0.2) is 0 Å². The van der Waals surface area contributed by atoms with Crippen LogP contribution in [0.15, 0.2) is 61.1 Å². The number of hydrogen-bond donors (Lipinski definition) is 1. The van der Waals surface area contributed by atoms with Gasteiger partial charge in [-0.2, -0.15) is 9.90 Å². The molecule has 0 spiro atoms. The van der Waals surface area contributed by atoms with Gasteiger partial charge in [0, 0.05) is 18.9 Å². The van der Waals surface area contributed by atoms with Crippen LogP contribution in [-0.4, -0.2) is 25.9 Å². The van der Waals surface area contributed by atoms with E-state index in [1.54, 1.807) is 12.4 Å². The molecule has 21 heavy (non-hydrogen) atoms. The molecule has 0 atom stereocenters. The number of amides is 1. The Hall–Kier alpha value is -3.02. The largest absolute Gasteiger partial charge is 0.347 e. The number of benzene rings is 1. The van der Waals surface area contributed by atoms with Crippen LogP contribution in [0.3, 0.4) is 0 Å². The second-order valence-electron chi connectivity index (χ2n) is 4.39. The molecule has 0 bridgehead atoms. The van der Waals surface area contributed by atoms with E-state index in [4.69, 9.17) is 0 Å². The fraction of sp³-hybridized carbons (Fsp3) is 0.0667. The van der Waals surface area contributed by atoms with Gasteiger partial charge in [-0.15, -0.1) is 5.10 Å². The van der Waals surface area contributed by atoms with Crippen LogP contribution in [0.1, 0.15) is 16.1 Å². The van der Waals surface area contributed by atoms with Crippen molar-refractivity contribution < 1.29 is 4.79 Å². The number of para-hydroxylation sites is 1. The first-order valence-electron chi connectivity index (χ1n) is 6.48. The van der Waals surface area contributed by atoms with Crippen LogP contribution < -0.4 is 5.32 Å². The van der Waals surface area contributed by atoms with Gasteiger partial charge in [-0.3, -0.25) is 9.78 Å². The minimum atomic E-state index is -0.256. The number of nitrogens with one attached hydrogen (secondary N) is 1. The van der Waals surface area contributed by atoms with E-state index < -0.39 is 0 Å². The first kappa shape index (κ1) is 13.0. The maximum atomic E-state index is 12.0. The zero-order chi connectivity index (χ0) is 14.5. The lowest BCUT2D eigenvalue weighted by Crippen LogP contribution is -2.23. The van der Waals surface area contributed by atoms with Crippen LogP contribution in [-0.2, 0) is 6.54 Å². The third-order valence-electron chi connectivity index (χ3n) is 2.91. The average Bonchev–Trinajstić information content (AvgIpc) is 3.04. The Bertz CT molecular complexity index is 724. The van der Waals surface area contributed by atoms with Crippen LogP contribution in [0.5, 0.6) is 0 Å². The molecule has 0 saturated heterocycles. The summed E-state index contributed by atoms with van der Waals surface area (Å²) in [7, 11) is 0. The van der Waals surface area contributed by atoms with Crippen LogP contribution >= 0.6 is 0 Å². The van der Waals surface area contributed by atoms with Gasteiger partial charge in [0.15, 0.2) is 5.69 Å². The molecule has 104 valence electrons. The molecule has 6 heteroatoms. The fourth-order valence-corrected chi connectivity index (χ4v) is 1.83. The Morgan fingerprint density at radius 2 is 1.86 bits per heavy atom. The third kappa shape index (κ3) is 3.11. The highest BCUT2D eigenvalue weighted by Gasteiger charge is 2.10. The van der Waals surface area contributed by atoms with E-state index in [0.717, 1.165) is 11.3 Å². The molecule has 2 heterocycles. The van der Waals surface area contributed by atoms with Crippen LogP contribution in [0.4, 0.5) is 0 Å².